The Labute approximate surface area is 148 Å². The number of alkyl halides is 2. The van der Waals surface area contributed by atoms with Gasteiger partial charge in [0.05, 0.1) is 22.3 Å². The molecule has 0 aromatic heterocycles. The molecule has 2 amide bonds. The summed E-state index contributed by atoms with van der Waals surface area (Å²) in [6, 6.07) is 2.08. The maximum absolute atomic E-state index is 13.5. The largest absolute Gasteiger partial charge is 0.442 e. The minimum absolute atomic E-state index is 0.00759. The summed E-state index contributed by atoms with van der Waals surface area (Å²) in [5.74, 6) is -2.16. The Morgan fingerprint density at radius 3 is 2.59 bits per heavy atom. The predicted octanol–water partition coefficient (Wildman–Crippen LogP) is 2.81. The lowest BCUT2D eigenvalue weighted by Gasteiger charge is -2.14. The third-order valence-electron chi connectivity index (χ3n) is 2.86. The van der Waals surface area contributed by atoms with Crippen LogP contribution in [0.1, 0.15) is 0 Å². The molecule has 120 valence electrons. The van der Waals surface area contributed by atoms with E-state index < -0.39 is 34.6 Å². The summed E-state index contributed by atoms with van der Waals surface area (Å²) < 4.78 is 31.9. The Kier molecular flexibility index (Phi) is 5.67. The molecule has 10 heteroatoms. The molecule has 5 nitrogen and oxygen atoms in total. The van der Waals surface area contributed by atoms with Gasteiger partial charge in [0.2, 0.25) is 0 Å². The van der Waals surface area contributed by atoms with Crippen molar-refractivity contribution in [3.05, 3.63) is 27.3 Å². The van der Waals surface area contributed by atoms with Crippen LogP contribution in [0.15, 0.2) is 12.1 Å². The number of hydrogen-bond donors (Lipinski definition) is 1. The van der Waals surface area contributed by atoms with Gasteiger partial charge in [-0.3, -0.25) is 9.69 Å². The number of amides is 2. The van der Waals surface area contributed by atoms with Gasteiger partial charge in [-0.25, -0.2) is 13.6 Å². The first kappa shape index (κ1) is 17.5. The van der Waals surface area contributed by atoms with Crippen LogP contribution in [0, 0.1) is 15.2 Å². The van der Waals surface area contributed by atoms with Crippen molar-refractivity contribution in [3.63, 3.8) is 0 Å². The third-order valence-corrected chi connectivity index (χ3v) is 4.28. The van der Waals surface area contributed by atoms with Crippen LogP contribution >= 0.6 is 45.8 Å². The Balaban J connectivity index is 2.05. The number of benzene rings is 1. The highest BCUT2D eigenvalue weighted by Crippen LogP contribution is 2.26. The average Bonchev–Trinajstić information content (AvgIpc) is 2.82. The minimum Gasteiger partial charge on any atom is -0.442 e. The number of nitrogens with one attached hydrogen (secondary N) is 1. The molecule has 0 aliphatic carbocycles. The van der Waals surface area contributed by atoms with Crippen molar-refractivity contribution in [1.82, 2.24) is 5.32 Å². The van der Waals surface area contributed by atoms with Gasteiger partial charge in [0.1, 0.15) is 17.7 Å². The fourth-order valence-corrected chi connectivity index (χ4v) is 2.29. The van der Waals surface area contributed by atoms with Gasteiger partial charge < -0.3 is 10.1 Å². The van der Waals surface area contributed by atoms with E-state index in [0.29, 0.717) is 0 Å². The lowest BCUT2D eigenvalue weighted by molar-refractivity contribution is -0.119. The second kappa shape index (κ2) is 7.14. The Hall–Kier alpha value is -0.870. The van der Waals surface area contributed by atoms with Crippen LogP contribution in [-0.4, -0.2) is 36.0 Å². The van der Waals surface area contributed by atoms with Crippen molar-refractivity contribution >= 4 is 63.5 Å². The molecule has 1 aliphatic heterocycles. The summed E-state index contributed by atoms with van der Waals surface area (Å²) in [7, 11) is 0. The van der Waals surface area contributed by atoms with E-state index in [1.165, 1.54) is 22.6 Å². The second-order valence-corrected chi connectivity index (χ2v) is 6.56. The lowest BCUT2D eigenvalue weighted by Crippen LogP contribution is -2.37. The molecule has 22 heavy (non-hydrogen) atoms. The summed E-state index contributed by atoms with van der Waals surface area (Å²) in [5.41, 5.74) is 0.0433. The van der Waals surface area contributed by atoms with E-state index in [-0.39, 0.29) is 22.3 Å². The molecule has 1 aliphatic rings. The first-order chi connectivity index (χ1) is 10.3. The number of cyclic esters (lactones) is 1. The van der Waals surface area contributed by atoms with Gasteiger partial charge in [-0.15, -0.1) is 0 Å². The molecule has 0 saturated carbocycles. The molecule has 2 rings (SSSR count). The highest BCUT2D eigenvalue weighted by Gasteiger charge is 2.33. The van der Waals surface area contributed by atoms with Gasteiger partial charge in [0.15, 0.2) is 4.84 Å². The van der Waals surface area contributed by atoms with E-state index in [0.717, 1.165) is 17.0 Å². The van der Waals surface area contributed by atoms with Crippen LogP contribution in [0.2, 0.25) is 0 Å². The predicted molar refractivity (Wildman–Crippen MR) is 85.2 cm³/mol. The van der Waals surface area contributed by atoms with E-state index >= 15 is 0 Å². The van der Waals surface area contributed by atoms with Gasteiger partial charge in [0.25, 0.3) is 5.91 Å². The summed E-state index contributed by atoms with van der Waals surface area (Å²) in [6.45, 7) is 0.0279. The van der Waals surface area contributed by atoms with E-state index in [9.17, 15) is 18.4 Å². The van der Waals surface area contributed by atoms with Crippen LogP contribution in [0.3, 0.4) is 0 Å². The Bertz CT molecular complexity index is 595. The van der Waals surface area contributed by atoms with Gasteiger partial charge >= 0.3 is 6.09 Å². The molecule has 1 atom stereocenters. The fourth-order valence-electron chi connectivity index (χ4n) is 1.83. The molecule has 1 N–H and O–H groups in total. The number of hydrogen-bond acceptors (Lipinski definition) is 3. The summed E-state index contributed by atoms with van der Waals surface area (Å²) >= 11 is 12.3. The zero-order valence-electron chi connectivity index (χ0n) is 10.8. The molecular formula is C12H9Cl2F2IN2O3. The van der Waals surface area contributed by atoms with Crippen LogP contribution < -0.4 is 10.2 Å². The van der Waals surface area contributed by atoms with Crippen LogP contribution in [0.4, 0.5) is 19.3 Å². The normalized spacial score (nSPS) is 17.8. The standard InChI is InChI=1S/C12H9Cl2F2IN2O3/c13-10(14)11(20)18-3-6-4-19(12(21)22-6)5-1-7(15)9(17)8(16)2-5/h1-2,6,10H,3-4H2,(H,18,20)/t6-/m0/s1. The van der Waals surface area contributed by atoms with E-state index in [2.05, 4.69) is 5.32 Å². The molecule has 0 bridgehead atoms. The van der Waals surface area contributed by atoms with Crippen molar-refractivity contribution in [2.45, 2.75) is 10.9 Å². The number of anilines is 1. The molecule has 1 saturated heterocycles. The van der Waals surface area contributed by atoms with Crippen LogP contribution in [-0.2, 0) is 9.53 Å². The van der Waals surface area contributed by atoms with Crippen LogP contribution in [0.25, 0.3) is 0 Å². The second-order valence-electron chi connectivity index (χ2n) is 4.39. The zero-order chi connectivity index (χ0) is 16.4. The van der Waals surface area contributed by atoms with Gasteiger partial charge in [-0.05, 0) is 34.7 Å². The first-order valence-corrected chi connectivity index (χ1v) is 7.93. The van der Waals surface area contributed by atoms with E-state index in [4.69, 9.17) is 27.9 Å². The number of nitrogens with zero attached hydrogens (tertiary/aromatic N) is 1. The van der Waals surface area contributed by atoms with Crippen molar-refractivity contribution < 1.29 is 23.1 Å². The quantitative estimate of drug-likeness (QED) is 0.423. The number of ether oxygens (including phenoxy) is 1. The molecular weight excluding hydrogens is 456 g/mol. The lowest BCUT2D eigenvalue weighted by atomic mass is 10.2. The highest BCUT2D eigenvalue weighted by atomic mass is 127. The molecule has 1 aromatic carbocycles. The molecule has 1 aromatic rings. The fraction of sp³-hybridized carbons (Fsp3) is 0.333. The topological polar surface area (TPSA) is 58.6 Å². The van der Waals surface area contributed by atoms with Crippen molar-refractivity contribution in [2.24, 2.45) is 0 Å². The number of carbonyl (C=O) groups excluding carboxylic acids is 2. The summed E-state index contributed by atoms with van der Waals surface area (Å²) in [5, 5.41) is 2.39. The molecule has 1 fully saturated rings. The van der Waals surface area contributed by atoms with E-state index in [1.54, 1.807) is 0 Å². The van der Waals surface area contributed by atoms with Crippen molar-refractivity contribution in [2.75, 3.05) is 18.0 Å². The zero-order valence-corrected chi connectivity index (χ0v) is 14.5. The van der Waals surface area contributed by atoms with Crippen molar-refractivity contribution in [3.8, 4) is 0 Å². The number of rotatable bonds is 4. The number of halogens is 5. The summed E-state index contributed by atoms with van der Waals surface area (Å²) in [4.78, 5) is 22.8. The maximum atomic E-state index is 13.5. The number of carbonyl (C=O) groups is 2. The minimum atomic E-state index is -1.23. The van der Waals surface area contributed by atoms with Gasteiger partial charge in [-0.1, -0.05) is 23.2 Å². The Morgan fingerprint density at radius 1 is 1.45 bits per heavy atom. The van der Waals surface area contributed by atoms with Crippen molar-refractivity contribution in [1.29, 1.82) is 0 Å². The third kappa shape index (κ3) is 3.90. The smallest absolute Gasteiger partial charge is 0.414 e. The SMILES string of the molecule is O=C(NC[C@H]1CN(c2cc(F)c(I)c(F)c2)C(=O)O1)C(Cl)Cl. The molecule has 1 heterocycles. The van der Waals surface area contributed by atoms with E-state index in [1.807, 2.05) is 0 Å². The van der Waals surface area contributed by atoms with Gasteiger partial charge in [-0.2, -0.15) is 0 Å². The average molecular weight is 465 g/mol. The maximum Gasteiger partial charge on any atom is 0.414 e. The highest BCUT2D eigenvalue weighted by molar-refractivity contribution is 14.1. The van der Waals surface area contributed by atoms with Gasteiger partial charge in [0, 0.05) is 0 Å². The molecule has 0 unspecified atom stereocenters. The molecule has 0 radical (unpaired) electrons. The monoisotopic (exact) mass is 464 g/mol. The first-order valence-electron chi connectivity index (χ1n) is 5.98. The molecule has 0 spiro atoms. The Morgan fingerprint density at radius 2 is 2.05 bits per heavy atom. The van der Waals surface area contributed by atoms with Crippen LogP contribution in [0.5, 0.6) is 0 Å². The summed E-state index contributed by atoms with van der Waals surface area (Å²) in [6.07, 6.45) is -1.43.